The largest absolute Gasteiger partial charge is 0.459 e. The number of carbonyl (C=O) groups is 2. The number of amides is 1. The highest BCUT2D eigenvalue weighted by molar-refractivity contribution is 8.01. The number of carbonyl (C=O) groups excluding carboxylic acids is 2. The standard InChI is InChI=1S/C20H21ClN2O3S/c1-11-4-5-13-8-14(18(21)22-17(13)12(11)2)9-26-19(25)15-10-27-20(3)7-6-16(24)23(15)20/h4-5,8,15H,6-7,9-10H2,1-3H3/t15-,20+/m0/s1. The lowest BCUT2D eigenvalue weighted by atomic mass is 10.0. The van der Waals surface area contributed by atoms with Gasteiger partial charge in [-0.25, -0.2) is 9.78 Å². The minimum atomic E-state index is -0.521. The molecule has 0 unspecified atom stereocenters. The van der Waals surface area contributed by atoms with Gasteiger partial charge in [0.25, 0.3) is 0 Å². The fourth-order valence-corrected chi connectivity index (χ4v) is 5.46. The van der Waals surface area contributed by atoms with Gasteiger partial charge in [0.15, 0.2) is 0 Å². The van der Waals surface area contributed by atoms with Crippen LogP contribution in [0.4, 0.5) is 0 Å². The number of hydrogen-bond acceptors (Lipinski definition) is 5. The van der Waals surface area contributed by atoms with Crippen LogP contribution in [0, 0.1) is 13.8 Å². The van der Waals surface area contributed by atoms with Gasteiger partial charge in [0, 0.05) is 23.1 Å². The number of hydrogen-bond donors (Lipinski definition) is 0. The first-order chi connectivity index (χ1) is 12.8. The number of nitrogens with zero attached hydrogens (tertiary/aromatic N) is 2. The van der Waals surface area contributed by atoms with E-state index in [0.29, 0.717) is 22.9 Å². The number of thioether (sulfide) groups is 1. The summed E-state index contributed by atoms with van der Waals surface area (Å²) in [6.45, 7) is 6.12. The number of halogens is 1. The van der Waals surface area contributed by atoms with Crippen molar-refractivity contribution in [3.63, 3.8) is 0 Å². The Labute approximate surface area is 167 Å². The van der Waals surface area contributed by atoms with Gasteiger partial charge in [-0.05, 0) is 44.4 Å². The number of esters is 1. The van der Waals surface area contributed by atoms with Crippen LogP contribution < -0.4 is 0 Å². The van der Waals surface area contributed by atoms with Crippen molar-refractivity contribution in [1.82, 2.24) is 9.88 Å². The van der Waals surface area contributed by atoms with Crippen LogP contribution >= 0.6 is 23.4 Å². The van der Waals surface area contributed by atoms with E-state index in [9.17, 15) is 9.59 Å². The van der Waals surface area contributed by atoms with E-state index >= 15 is 0 Å². The van der Waals surface area contributed by atoms with E-state index in [4.69, 9.17) is 16.3 Å². The van der Waals surface area contributed by atoms with Gasteiger partial charge >= 0.3 is 5.97 Å². The highest BCUT2D eigenvalue weighted by Crippen LogP contribution is 2.47. The minimum Gasteiger partial charge on any atom is -0.459 e. The first-order valence-electron chi connectivity index (χ1n) is 8.98. The van der Waals surface area contributed by atoms with Gasteiger partial charge in [0.05, 0.1) is 10.4 Å². The molecule has 3 heterocycles. The van der Waals surface area contributed by atoms with Gasteiger partial charge < -0.3 is 9.64 Å². The second-order valence-electron chi connectivity index (χ2n) is 7.39. The van der Waals surface area contributed by atoms with Crippen molar-refractivity contribution in [2.24, 2.45) is 0 Å². The normalized spacial score (nSPS) is 24.5. The molecule has 1 amide bonds. The van der Waals surface area contributed by atoms with Crippen molar-refractivity contribution in [2.75, 3.05) is 5.75 Å². The van der Waals surface area contributed by atoms with Crippen LogP contribution in [0.1, 0.15) is 36.5 Å². The summed E-state index contributed by atoms with van der Waals surface area (Å²) < 4.78 is 5.53. The molecule has 0 saturated carbocycles. The first kappa shape index (κ1) is 18.6. The van der Waals surface area contributed by atoms with E-state index in [1.807, 2.05) is 39.0 Å². The smallest absolute Gasteiger partial charge is 0.330 e. The molecule has 142 valence electrons. The average Bonchev–Trinajstić information content (AvgIpc) is 3.13. The Bertz CT molecular complexity index is 964. The number of benzene rings is 1. The molecule has 0 aliphatic carbocycles. The van der Waals surface area contributed by atoms with Gasteiger partial charge in [0.1, 0.15) is 17.8 Å². The number of fused-ring (bicyclic) bond motifs is 2. The molecule has 0 radical (unpaired) electrons. The van der Waals surface area contributed by atoms with Crippen LogP contribution in [0.15, 0.2) is 18.2 Å². The summed E-state index contributed by atoms with van der Waals surface area (Å²) in [6.07, 6.45) is 1.27. The van der Waals surface area contributed by atoms with Crippen molar-refractivity contribution in [1.29, 1.82) is 0 Å². The maximum atomic E-state index is 12.6. The molecule has 1 aromatic heterocycles. The highest BCUT2D eigenvalue weighted by Gasteiger charge is 2.53. The summed E-state index contributed by atoms with van der Waals surface area (Å²) in [5, 5.41) is 1.30. The van der Waals surface area contributed by atoms with E-state index in [-0.39, 0.29) is 23.4 Å². The molecule has 27 heavy (non-hydrogen) atoms. The SMILES string of the molecule is Cc1ccc2cc(COC(=O)[C@@H]3CS[C@]4(C)CCC(=O)N34)c(Cl)nc2c1C. The van der Waals surface area contributed by atoms with Gasteiger partial charge in [0.2, 0.25) is 5.91 Å². The Morgan fingerprint density at radius 1 is 1.44 bits per heavy atom. The molecule has 2 saturated heterocycles. The van der Waals surface area contributed by atoms with E-state index in [1.54, 1.807) is 16.7 Å². The Morgan fingerprint density at radius 2 is 2.22 bits per heavy atom. The Kier molecular flexibility index (Phi) is 4.59. The highest BCUT2D eigenvalue weighted by atomic mass is 35.5. The zero-order valence-electron chi connectivity index (χ0n) is 15.5. The van der Waals surface area contributed by atoms with Crippen LogP contribution in [0.5, 0.6) is 0 Å². The third-order valence-electron chi connectivity index (χ3n) is 5.62. The quantitative estimate of drug-likeness (QED) is 0.571. The second-order valence-corrected chi connectivity index (χ2v) is 9.25. The molecular weight excluding hydrogens is 384 g/mol. The molecule has 5 nitrogen and oxygen atoms in total. The Morgan fingerprint density at radius 3 is 3.00 bits per heavy atom. The summed E-state index contributed by atoms with van der Waals surface area (Å²) in [5.41, 5.74) is 3.78. The summed E-state index contributed by atoms with van der Waals surface area (Å²) in [7, 11) is 0. The summed E-state index contributed by atoms with van der Waals surface area (Å²) >= 11 is 7.98. The molecule has 4 rings (SSSR count). The lowest BCUT2D eigenvalue weighted by molar-refractivity contribution is -0.154. The predicted molar refractivity (Wildman–Crippen MR) is 107 cm³/mol. The van der Waals surface area contributed by atoms with Crippen LogP contribution in [0.25, 0.3) is 10.9 Å². The number of ether oxygens (including phenoxy) is 1. The monoisotopic (exact) mass is 404 g/mol. The fraction of sp³-hybridized carbons (Fsp3) is 0.450. The van der Waals surface area contributed by atoms with Crippen molar-refractivity contribution in [3.05, 3.63) is 40.0 Å². The van der Waals surface area contributed by atoms with Crippen molar-refractivity contribution < 1.29 is 14.3 Å². The molecule has 0 N–H and O–H groups in total. The summed E-state index contributed by atoms with van der Waals surface area (Å²) in [5.74, 6) is 0.224. The van der Waals surface area contributed by atoms with Gasteiger partial charge in [-0.1, -0.05) is 23.7 Å². The Balaban J connectivity index is 1.52. The molecular formula is C20H21ClN2O3S. The molecule has 1 aromatic carbocycles. The van der Waals surface area contributed by atoms with Crippen molar-refractivity contribution in [2.45, 2.75) is 51.1 Å². The molecule has 2 atom stereocenters. The van der Waals surface area contributed by atoms with Crippen LogP contribution in [-0.2, 0) is 20.9 Å². The predicted octanol–water partition coefficient (Wildman–Crippen LogP) is 4.00. The average molecular weight is 405 g/mol. The molecule has 7 heteroatoms. The van der Waals surface area contributed by atoms with Gasteiger partial charge in [-0.15, -0.1) is 11.8 Å². The number of pyridine rings is 1. The fourth-order valence-electron chi connectivity index (χ4n) is 3.85. The summed E-state index contributed by atoms with van der Waals surface area (Å²) in [4.78, 5) is 30.7. The zero-order valence-corrected chi connectivity index (χ0v) is 17.1. The van der Waals surface area contributed by atoms with Gasteiger partial charge in [-0.3, -0.25) is 4.79 Å². The van der Waals surface area contributed by atoms with Gasteiger partial charge in [-0.2, -0.15) is 0 Å². The second kappa shape index (κ2) is 6.67. The van der Waals surface area contributed by atoms with Crippen LogP contribution in [0.2, 0.25) is 5.15 Å². The Hall–Kier alpha value is -1.79. The maximum Gasteiger partial charge on any atom is 0.330 e. The van der Waals surface area contributed by atoms with Crippen LogP contribution in [-0.4, -0.2) is 38.4 Å². The van der Waals surface area contributed by atoms with Crippen molar-refractivity contribution >= 4 is 46.1 Å². The molecule has 0 bridgehead atoms. The van der Waals surface area contributed by atoms with E-state index < -0.39 is 6.04 Å². The topological polar surface area (TPSA) is 59.5 Å². The summed E-state index contributed by atoms with van der Waals surface area (Å²) in [6, 6.07) is 5.43. The van der Waals surface area contributed by atoms with E-state index in [1.165, 1.54) is 0 Å². The number of aryl methyl sites for hydroxylation is 2. The van der Waals surface area contributed by atoms with E-state index in [2.05, 4.69) is 4.98 Å². The number of rotatable bonds is 3. The molecule has 2 aliphatic rings. The lowest BCUT2D eigenvalue weighted by Gasteiger charge is -2.29. The molecule has 2 aromatic rings. The van der Waals surface area contributed by atoms with Crippen molar-refractivity contribution in [3.8, 4) is 0 Å². The zero-order chi connectivity index (χ0) is 19.3. The molecule has 0 spiro atoms. The minimum absolute atomic E-state index is 0.0284. The maximum absolute atomic E-state index is 12.6. The van der Waals surface area contributed by atoms with E-state index in [0.717, 1.165) is 28.5 Å². The third kappa shape index (κ3) is 3.09. The van der Waals surface area contributed by atoms with Crippen LogP contribution in [0.3, 0.4) is 0 Å². The lowest BCUT2D eigenvalue weighted by Crippen LogP contribution is -2.46. The molecule has 2 aliphatic heterocycles. The number of aromatic nitrogens is 1. The molecule has 2 fully saturated rings. The first-order valence-corrected chi connectivity index (χ1v) is 10.3. The third-order valence-corrected chi connectivity index (χ3v) is 7.46.